The maximum absolute atomic E-state index is 12.8. The van der Waals surface area contributed by atoms with Crippen LogP contribution in [0.1, 0.15) is 25.0 Å². The Morgan fingerprint density at radius 2 is 1.84 bits per heavy atom. The highest BCUT2D eigenvalue weighted by Gasteiger charge is 2.46. The quantitative estimate of drug-likeness (QED) is 0.276. The molecule has 9 heteroatoms. The zero-order chi connectivity index (χ0) is 27.1. The molecule has 3 atom stereocenters. The molecular formula is C29H34N4O5. The number of nitrogens with one attached hydrogen (secondary N) is 1. The second-order valence-electron chi connectivity index (χ2n) is 10.2. The highest BCUT2D eigenvalue weighted by atomic mass is 16.6. The van der Waals surface area contributed by atoms with Crippen molar-refractivity contribution in [2.45, 2.75) is 45.1 Å². The van der Waals surface area contributed by atoms with Crippen LogP contribution in [0.25, 0.3) is 11.3 Å². The minimum atomic E-state index is -1.02. The van der Waals surface area contributed by atoms with Gasteiger partial charge in [-0.05, 0) is 29.7 Å². The molecule has 1 fully saturated rings. The van der Waals surface area contributed by atoms with Crippen LogP contribution < -0.4 is 11.2 Å². The van der Waals surface area contributed by atoms with E-state index in [1.165, 1.54) is 0 Å². The van der Waals surface area contributed by atoms with Crippen LogP contribution >= 0.6 is 0 Å². The van der Waals surface area contributed by atoms with E-state index < -0.39 is 35.7 Å². The van der Waals surface area contributed by atoms with Gasteiger partial charge in [0.2, 0.25) is 6.10 Å². The lowest BCUT2D eigenvalue weighted by atomic mass is 9.90. The number of carbonyl (C=O) groups excluding carboxylic acids is 2. The Hall–Kier alpha value is -3.79. The van der Waals surface area contributed by atoms with E-state index in [9.17, 15) is 14.7 Å². The number of cyclic esters (lactones) is 1. The molecule has 4 N–H and O–H groups in total. The highest BCUT2D eigenvalue weighted by Crippen LogP contribution is 2.31. The van der Waals surface area contributed by atoms with E-state index in [0.29, 0.717) is 6.42 Å². The fourth-order valence-electron chi connectivity index (χ4n) is 4.27. The van der Waals surface area contributed by atoms with Gasteiger partial charge in [-0.25, -0.2) is 14.6 Å². The van der Waals surface area contributed by atoms with Crippen LogP contribution in [0.2, 0.25) is 0 Å². The Balaban J connectivity index is 1.45. The topological polar surface area (TPSA) is 127 Å². The molecule has 0 bridgehead atoms. The van der Waals surface area contributed by atoms with Crippen molar-refractivity contribution < 1.29 is 24.2 Å². The Morgan fingerprint density at radius 1 is 1.13 bits per heavy atom. The van der Waals surface area contributed by atoms with Crippen LogP contribution in [-0.4, -0.2) is 58.6 Å². The summed E-state index contributed by atoms with van der Waals surface area (Å²) in [7, 11) is 0. The van der Waals surface area contributed by atoms with Gasteiger partial charge in [-0.1, -0.05) is 74.5 Å². The minimum absolute atomic E-state index is 0.0452. The van der Waals surface area contributed by atoms with Crippen molar-refractivity contribution in [2.75, 3.05) is 13.2 Å². The first-order valence-corrected chi connectivity index (χ1v) is 12.6. The van der Waals surface area contributed by atoms with E-state index in [2.05, 4.69) is 10.4 Å². The third kappa shape index (κ3) is 7.16. The molecule has 3 aromatic rings. The number of nitrogens with zero attached hydrogens (tertiary/aromatic N) is 2. The zero-order valence-corrected chi connectivity index (χ0v) is 21.6. The second kappa shape index (κ2) is 12.2. The molecule has 1 aliphatic heterocycles. The van der Waals surface area contributed by atoms with Gasteiger partial charge in [0.05, 0.1) is 11.8 Å². The molecule has 2 aromatic carbocycles. The number of aliphatic hydroxyl groups is 1. The average molecular weight is 519 g/mol. The average Bonchev–Trinajstić information content (AvgIpc) is 3.16. The lowest BCUT2D eigenvalue weighted by molar-refractivity contribution is -0.145. The number of hydrogen-bond donors (Lipinski definition) is 3. The summed E-state index contributed by atoms with van der Waals surface area (Å²) in [6.07, 6.45) is -0.567. The lowest BCUT2D eigenvalue weighted by Gasteiger charge is -2.29. The van der Waals surface area contributed by atoms with Crippen LogP contribution in [0.15, 0.2) is 79.0 Å². The molecule has 200 valence electrons. The van der Waals surface area contributed by atoms with Crippen molar-refractivity contribution in [3.8, 4) is 11.3 Å². The number of rotatable bonds is 10. The maximum atomic E-state index is 12.8. The van der Waals surface area contributed by atoms with Gasteiger partial charge in [-0.15, -0.1) is 0 Å². The summed E-state index contributed by atoms with van der Waals surface area (Å²) in [5.74, 6) is -0.577. The Bertz CT molecular complexity index is 1200. The van der Waals surface area contributed by atoms with Crippen molar-refractivity contribution in [1.82, 2.24) is 15.4 Å². The summed E-state index contributed by atoms with van der Waals surface area (Å²) in [4.78, 5) is 29.3. The van der Waals surface area contributed by atoms with Crippen LogP contribution in [0.3, 0.4) is 0 Å². The van der Waals surface area contributed by atoms with Gasteiger partial charge in [0, 0.05) is 36.3 Å². The minimum Gasteiger partial charge on any atom is -0.462 e. The summed E-state index contributed by atoms with van der Waals surface area (Å²) >= 11 is 0. The normalized spacial score (nSPS) is 18.0. The lowest BCUT2D eigenvalue weighted by Crippen LogP contribution is -2.51. The van der Waals surface area contributed by atoms with Gasteiger partial charge in [-0.2, -0.15) is 0 Å². The predicted molar refractivity (Wildman–Crippen MR) is 142 cm³/mol. The zero-order valence-electron chi connectivity index (χ0n) is 21.6. The summed E-state index contributed by atoms with van der Waals surface area (Å²) in [6.45, 7) is 4.07. The van der Waals surface area contributed by atoms with Crippen molar-refractivity contribution >= 4 is 12.1 Å². The summed E-state index contributed by atoms with van der Waals surface area (Å²) in [5.41, 5.74) is 12.0. The number of ether oxygens (including phenoxy) is 2. The number of carbonyl (C=O) groups is 2. The fraction of sp³-hybridized carbons (Fsp3) is 0.345. The highest BCUT2D eigenvalue weighted by molar-refractivity contribution is 5.81. The molecule has 0 aliphatic carbocycles. The van der Waals surface area contributed by atoms with Crippen LogP contribution in [0.5, 0.6) is 0 Å². The molecule has 2 heterocycles. The van der Waals surface area contributed by atoms with E-state index in [1.807, 2.05) is 72.8 Å². The molecule has 0 saturated carbocycles. The molecule has 1 amide bonds. The Labute approximate surface area is 222 Å². The predicted octanol–water partition coefficient (Wildman–Crippen LogP) is 3.07. The number of nitrogens with two attached hydrogens (primary N) is 1. The van der Waals surface area contributed by atoms with Crippen LogP contribution in [0.4, 0.5) is 4.79 Å². The summed E-state index contributed by atoms with van der Waals surface area (Å²) < 4.78 is 10.5. The maximum Gasteiger partial charge on any atom is 0.422 e. The largest absolute Gasteiger partial charge is 0.462 e. The summed E-state index contributed by atoms with van der Waals surface area (Å²) in [5, 5.41) is 12.4. The fourth-order valence-corrected chi connectivity index (χ4v) is 4.27. The van der Waals surface area contributed by atoms with E-state index in [-0.39, 0.29) is 19.7 Å². The smallest absolute Gasteiger partial charge is 0.422 e. The number of pyridine rings is 1. The molecule has 0 unspecified atom stereocenters. The number of esters is 1. The standard InChI is InChI=1S/C29H34N4O5/c1-29(2)19-37-27(35)26(29)38-28(36)32-33(18-25(34)23(30)16-20-8-4-3-5-9-20)17-21-11-13-22(14-12-21)24-10-6-7-15-31-24/h3-15,23,25-26,34H,16-19,30H2,1-2H3,(H,32,36)/t23-,25-,26+/m0/s1. The van der Waals surface area contributed by atoms with Gasteiger partial charge >= 0.3 is 12.1 Å². The monoisotopic (exact) mass is 518 g/mol. The van der Waals surface area contributed by atoms with Crippen LogP contribution in [0, 0.1) is 5.41 Å². The third-order valence-corrected chi connectivity index (χ3v) is 6.49. The van der Waals surface area contributed by atoms with E-state index in [0.717, 1.165) is 22.4 Å². The number of amides is 1. The first-order valence-electron chi connectivity index (χ1n) is 12.6. The van der Waals surface area contributed by atoms with Gasteiger partial charge in [0.15, 0.2) is 0 Å². The van der Waals surface area contributed by atoms with Crippen molar-refractivity contribution in [3.05, 3.63) is 90.1 Å². The second-order valence-corrected chi connectivity index (χ2v) is 10.2. The van der Waals surface area contributed by atoms with E-state index in [1.54, 1.807) is 25.1 Å². The summed E-state index contributed by atoms with van der Waals surface area (Å²) in [6, 6.07) is 22.6. The molecular weight excluding hydrogens is 484 g/mol. The Morgan fingerprint density at radius 3 is 2.47 bits per heavy atom. The molecule has 1 aliphatic rings. The molecule has 1 saturated heterocycles. The number of hydrazine groups is 1. The molecule has 1 aromatic heterocycles. The molecule has 38 heavy (non-hydrogen) atoms. The van der Waals surface area contributed by atoms with Crippen molar-refractivity contribution in [1.29, 1.82) is 0 Å². The SMILES string of the molecule is CC1(C)COC(=O)[C@H]1OC(=O)NN(Cc1ccc(-c2ccccn2)cc1)C[C@H](O)[C@@H](N)Cc1ccccc1. The van der Waals surface area contributed by atoms with E-state index in [4.69, 9.17) is 15.2 Å². The van der Waals surface area contributed by atoms with Crippen molar-refractivity contribution in [3.63, 3.8) is 0 Å². The number of aliphatic hydroxyl groups excluding tert-OH is 1. The molecule has 9 nitrogen and oxygen atoms in total. The third-order valence-electron chi connectivity index (χ3n) is 6.49. The van der Waals surface area contributed by atoms with Gasteiger partial charge in [-0.3, -0.25) is 10.4 Å². The van der Waals surface area contributed by atoms with Crippen LogP contribution in [-0.2, 0) is 27.2 Å². The number of aromatic nitrogens is 1. The van der Waals surface area contributed by atoms with E-state index >= 15 is 0 Å². The molecule has 0 radical (unpaired) electrons. The number of benzene rings is 2. The van der Waals surface area contributed by atoms with Gasteiger partial charge in [0.25, 0.3) is 0 Å². The molecule has 4 rings (SSSR count). The molecule has 0 spiro atoms. The van der Waals surface area contributed by atoms with Gasteiger partial charge < -0.3 is 20.3 Å². The Kier molecular flexibility index (Phi) is 8.73. The number of hydrogen-bond acceptors (Lipinski definition) is 8. The van der Waals surface area contributed by atoms with Gasteiger partial charge in [0.1, 0.15) is 6.61 Å². The first-order chi connectivity index (χ1) is 18.2. The van der Waals surface area contributed by atoms with Crippen molar-refractivity contribution in [2.24, 2.45) is 11.1 Å². The first kappa shape index (κ1) is 27.3.